The summed E-state index contributed by atoms with van der Waals surface area (Å²) in [5.74, 6) is -1.22. The highest BCUT2D eigenvalue weighted by molar-refractivity contribution is 7.20. The van der Waals surface area contributed by atoms with Gasteiger partial charge in [-0.1, -0.05) is 6.92 Å². The van der Waals surface area contributed by atoms with E-state index in [9.17, 15) is 9.59 Å². The van der Waals surface area contributed by atoms with Crippen LogP contribution in [0, 0.1) is 13.8 Å². The second kappa shape index (κ2) is 6.22. The molecule has 1 N–H and O–H groups in total. The fourth-order valence-corrected chi connectivity index (χ4v) is 3.58. The lowest BCUT2D eigenvalue weighted by Gasteiger charge is -2.19. The van der Waals surface area contributed by atoms with E-state index in [2.05, 4.69) is 4.98 Å². The van der Waals surface area contributed by atoms with Gasteiger partial charge in [0.05, 0.1) is 4.88 Å². The number of carboxylic acids is 1. The molecule has 0 aliphatic heterocycles. The van der Waals surface area contributed by atoms with Crippen molar-refractivity contribution in [3.8, 4) is 0 Å². The second-order valence-corrected chi connectivity index (χ2v) is 5.98. The van der Waals surface area contributed by atoms with E-state index >= 15 is 0 Å². The number of amides is 1. The summed E-state index contributed by atoms with van der Waals surface area (Å²) < 4.78 is 0. The van der Waals surface area contributed by atoms with Crippen LogP contribution in [0.15, 0.2) is 12.3 Å². The summed E-state index contributed by atoms with van der Waals surface area (Å²) in [5, 5.41) is 9.95. The average Bonchev–Trinajstić information content (AvgIpc) is 2.76. The number of fused-ring (bicyclic) bond motifs is 1. The molecule has 1 amide bonds. The van der Waals surface area contributed by atoms with Crippen LogP contribution >= 0.6 is 11.3 Å². The van der Waals surface area contributed by atoms with E-state index in [1.807, 2.05) is 26.8 Å². The smallest absolute Gasteiger partial charge is 0.323 e. The fourth-order valence-electron chi connectivity index (χ4n) is 2.39. The zero-order valence-corrected chi connectivity index (χ0v) is 13.2. The third-order valence-corrected chi connectivity index (χ3v) is 4.53. The number of pyridine rings is 1. The summed E-state index contributed by atoms with van der Waals surface area (Å²) in [7, 11) is 0. The standard InChI is InChI=1S/C15H18N2O3S/c1-4-7-17(8-11(18)19)15(20)13-10(3)12-9(2)5-6-16-14(12)21-13/h5-6H,4,7-8H2,1-3H3,(H,18,19). The Bertz CT molecular complexity index is 694. The molecule has 0 unspecified atom stereocenters. The second-order valence-electron chi connectivity index (χ2n) is 4.98. The Kier molecular flexibility index (Phi) is 4.57. The molecule has 2 aromatic heterocycles. The lowest BCUT2D eigenvalue weighted by Crippen LogP contribution is -2.36. The topological polar surface area (TPSA) is 70.5 Å². The van der Waals surface area contributed by atoms with Gasteiger partial charge >= 0.3 is 5.97 Å². The van der Waals surface area contributed by atoms with Gasteiger partial charge in [-0.15, -0.1) is 11.3 Å². The van der Waals surface area contributed by atoms with E-state index in [0.29, 0.717) is 11.4 Å². The largest absolute Gasteiger partial charge is 0.480 e. The number of thiophene rings is 1. The number of carbonyl (C=O) groups is 2. The zero-order chi connectivity index (χ0) is 15.6. The van der Waals surface area contributed by atoms with Crippen molar-refractivity contribution < 1.29 is 14.7 Å². The highest BCUT2D eigenvalue weighted by Gasteiger charge is 2.23. The number of aryl methyl sites for hydroxylation is 2. The highest BCUT2D eigenvalue weighted by Crippen LogP contribution is 2.32. The Morgan fingerprint density at radius 2 is 2.10 bits per heavy atom. The first kappa shape index (κ1) is 15.4. The number of carbonyl (C=O) groups excluding carboxylic acids is 1. The Morgan fingerprint density at radius 1 is 1.38 bits per heavy atom. The first-order chi connectivity index (χ1) is 9.95. The first-order valence-corrected chi connectivity index (χ1v) is 7.63. The minimum Gasteiger partial charge on any atom is -0.480 e. The van der Waals surface area contributed by atoms with Crippen LogP contribution in [0.1, 0.15) is 34.1 Å². The number of aromatic nitrogens is 1. The molecule has 112 valence electrons. The van der Waals surface area contributed by atoms with Gasteiger partial charge in [0.1, 0.15) is 11.4 Å². The van der Waals surface area contributed by atoms with Crippen LogP contribution in [0.2, 0.25) is 0 Å². The lowest BCUT2D eigenvalue weighted by molar-refractivity contribution is -0.137. The van der Waals surface area contributed by atoms with Gasteiger partial charge in [-0.2, -0.15) is 0 Å². The minimum absolute atomic E-state index is 0.223. The monoisotopic (exact) mass is 306 g/mol. The number of aliphatic carboxylic acids is 1. The van der Waals surface area contributed by atoms with E-state index < -0.39 is 5.97 Å². The Hall–Kier alpha value is -1.95. The van der Waals surface area contributed by atoms with Crippen LogP contribution in [-0.2, 0) is 4.79 Å². The maximum absolute atomic E-state index is 12.6. The Labute approximate surface area is 127 Å². The molecule has 0 aliphatic rings. The van der Waals surface area contributed by atoms with E-state index in [0.717, 1.165) is 27.8 Å². The van der Waals surface area contributed by atoms with Crippen molar-refractivity contribution in [3.63, 3.8) is 0 Å². The molecule has 0 bridgehead atoms. The van der Waals surface area contributed by atoms with Gasteiger partial charge in [-0.05, 0) is 37.5 Å². The first-order valence-electron chi connectivity index (χ1n) is 6.81. The van der Waals surface area contributed by atoms with Crippen molar-refractivity contribution >= 4 is 33.4 Å². The average molecular weight is 306 g/mol. The zero-order valence-electron chi connectivity index (χ0n) is 12.3. The van der Waals surface area contributed by atoms with Crippen molar-refractivity contribution in [1.82, 2.24) is 9.88 Å². The molecule has 0 aromatic carbocycles. The summed E-state index contributed by atoms with van der Waals surface area (Å²) in [4.78, 5) is 30.6. The number of hydrogen-bond donors (Lipinski definition) is 1. The minimum atomic E-state index is -0.995. The van der Waals surface area contributed by atoms with Crippen LogP contribution < -0.4 is 0 Å². The van der Waals surface area contributed by atoms with E-state index in [4.69, 9.17) is 5.11 Å². The molecular formula is C15H18N2O3S. The van der Waals surface area contributed by atoms with Gasteiger partial charge in [0.2, 0.25) is 0 Å². The molecule has 2 heterocycles. The van der Waals surface area contributed by atoms with E-state index in [-0.39, 0.29) is 12.5 Å². The molecule has 0 radical (unpaired) electrons. The molecule has 0 saturated heterocycles. The molecule has 0 aliphatic carbocycles. The van der Waals surface area contributed by atoms with Crippen LogP contribution in [0.4, 0.5) is 0 Å². The third kappa shape index (κ3) is 3.05. The summed E-state index contributed by atoms with van der Waals surface area (Å²) in [6.45, 7) is 5.97. The predicted octanol–water partition coefficient (Wildman–Crippen LogP) is 2.85. The number of rotatable bonds is 5. The maximum atomic E-state index is 12.6. The van der Waals surface area contributed by atoms with Crippen molar-refractivity contribution in [2.24, 2.45) is 0 Å². The number of carboxylic acid groups (broad SMARTS) is 1. The summed E-state index contributed by atoms with van der Waals surface area (Å²) in [6.07, 6.45) is 2.45. The van der Waals surface area contributed by atoms with Crippen LogP contribution in [0.3, 0.4) is 0 Å². The van der Waals surface area contributed by atoms with Crippen LogP contribution in [0.25, 0.3) is 10.2 Å². The predicted molar refractivity (Wildman–Crippen MR) is 82.9 cm³/mol. The van der Waals surface area contributed by atoms with Gasteiger partial charge in [-0.3, -0.25) is 9.59 Å². The molecule has 0 saturated carbocycles. The molecule has 0 atom stereocenters. The van der Waals surface area contributed by atoms with Crippen LogP contribution in [-0.4, -0.2) is 40.0 Å². The molecular weight excluding hydrogens is 288 g/mol. The third-order valence-electron chi connectivity index (χ3n) is 3.34. The van der Waals surface area contributed by atoms with E-state index in [1.165, 1.54) is 16.2 Å². The molecule has 2 rings (SSSR count). The number of hydrogen-bond acceptors (Lipinski definition) is 4. The molecule has 21 heavy (non-hydrogen) atoms. The van der Waals surface area contributed by atoms with Crippen molar-refractivity contribution in [1.29, 1.82) is 0 Å². The summed E-state index contributed by atoms with van der Waals surface area (Å²) in [6, 6.07) is 1.91. The fraction of sp³-hybridized carbons (Fsp3) is 0.400. The van der Waals surface area contributed by atoms with Gasteiger partial charge < -0.3 is 10.0 Å². The number of nitrogens with zero attached hydrogens (tertiary/aromatic N) is 2. The van der Waals surface area contributed by atoms with Gasteiger partial charge in [0, 0.05) is 18.1 Å². The molecule has 0 spiro atoms. The van der Waals surface area contributed by atoms with Gasteiger partial charge in [0.15, 0.2) is 0 Å². The molecule has 6 heteroatoms. The summed E-state index contributed by atoms with van der Waals surface area (Å²) in [5.41, 5.74) is 1.96. The van der Waals surface area contributed by atoms with Crippen molar-refractivity contribution in [2.45, 2.75) is 27.2 Å². The molecule has 5 nitrogen and oxygen atoms in total. The summed E-state index contributed by atoms with van der Waals surface area (Å²) >= 11 is 1.33. The van der Waals surface area contributed by atoms with Crippen LogP contribution in [0.5, 0.6) is 0 Å². The normalized spacial score (nSPS) is 10.8. The lowest BCUT2D eigenvalue weighted by atomic mass is 10.1. The Balaban J connectivity index is 2.44. The molecule has 0 fully saturated rings. The van der Waals surface area contributed by atoms with E-state index in [1.54, 1.807) is 6.20 Å². The SMILES string of the molecule is CCCN(CC(=O)O)C(=O)c1sc2nccc(C)c2c1C. The maximum Gasteiger partial charge on any atom is 0.323 e. The van der Waals surface area contributed by atoms with Gasteiger partial charge in [-0.25, -0.2) is 4.98 Å². The highest BCUT2D eigenvalue weighted by atomic mass is 32.1. The van der Waals surface area contributed by atoms with Gasteiger partial charge in [0.25, 0.3) is 5.91 Å². The van der Waals surface area contributed by atoms with Crippen molar-refractivity contribution in [2.75, 3.05) is 13.1 Å². The quantitative estimate of drug-likeness (QED) is 0.922. The Morgan fingerprint density at radius 3 is 2.67 bits per heavy atom. The van der Waals surface area contributed by atoms with Crippen molar-refractivity contribution in [3.05, 3.63) is 28.3 Å². The molecule has 2 aromatic rings.